The molecule has 0 bridgehead atoms. The van der Waals surface area contributed by atoms with Crippen molar-refractivity contribution in [1.82, 2.24) is 0 Å². The standard InChI is InChI=1S/C14H8F3NO3/c15-10-5-9(6-11(7-10)18(20)21)14(19)4-8-1-2-12(16)13(17)3-8/h1-3,5-7H,4H2. The molecule has 2 rings (SSSR count). The van der Waals surface area contributed by atoms with Crippen LogP contribution in [-0.2, 0) is 6.42 Å². The van der Waals surface area contributed by atoms with Crippen molar-refractivity contribution in [2.24, 2.45) is 0 Å². The van der Waals surface area contributed by atoms with Gasteiger partial charge in [-0.2, -0.15) is 0 Å². The van der Waals surface area contributed by atoms with E-state index in [0.717, 1.165) is 24.3 Å². The Morgan fingerprint density at radius 3 is 2.38 bits per heavy atom. The van der Waals surface area contributed by atoms with Gasteiger partial charge in [0.05, 0.1) is 11.0 Å². The lowest BCUT2D eigenvalue weighted by atomic mass is 10.0. The van der Waals surface area contributed by atoms with E-state index in [9.17, 15) is 28.1 Å². The van der Waals surface area contributed by atoms with E-state index in [4.69, 9.17) is 0 Å². The summed E-state index contributed by atoms with van der Waals surface area (Å²) >= 11 is 0. The fourth-order valence-electron chi connectivity index (χ4n) is 1.78. The van der Waals surface area contributed by atoms with Crippen molar-refractivity contribution in [2.75, 3.05) is 0 Å². The lowest BCUT2D eigenvalue weighted by Crippen LogP contribution is -2.05. The summed E-state index contributed by atoms with van der Waals surface area (Å²) in [6.07, 6.45) is -0.322. The molecule has 0 aliphatic heterocycles. The van der Waals surface area contributed by atoms with Gasteiger partial charge in [0.25, 0.3) is 5.69 Å². The number of rotatable bonds is 4. The lowest BCUT2D eigenvalue weighted by molar-refractivity contribution is -0.385. The average Bonchev–Trinajstić information content (AvgIpc) is 2.42. The Morgan fingerprint density at radius 2 is 1.76 bits per heavy atom. The molecule has 0 aliphatic carbocycles. The first-order chi connectivity index (χ1) is 9.86. The molecular formula is C14H8F3NO3. The number of nitro groups is 1. The molecule has 7 heteroatoms. The van der Waals surface area contributed by atoms with Crippen LogP contribution in [-0.4, -0.2) is 10.7 Å². The summed E-state index contributed by atoms with van der Waals surface area (Å²) in [6, 6.07) is 5.41. The molecule has 0 radical (unpaired) electrons. The Balaban J connectivity index is 2.27. The molecular weight excluding hydrogens is 287 g/mol. The van der Waals surface area contributed by atoms with E-state index in [-0.39, 0.29) is 17.5 Å². The molecule has 0 atom stereocenters. The number of ketones is 1. The van der Waals surface area contributed by atoms with Crippen molar-refractivity contribution < 1.29 is 22.9 Å². The summed E-state index contributed by atoms with van der Waals surface area (Å²) in [7, 11) is 0. The van der Waals surface area contributed by atoms with Crippen LogP contribution in [0.4, 0.5) is 18.9 Å². The molecule has 0 N–H and O–H groups in total. The minimum Gasteiger partial charge on any atom is -0.294 e. The highest BCUT2D eigenvalue weighted by Crippen LogP contribution is 2.18. The first kappa shape index (κ1) is 14.7. The van der Waals surface area contributed by atoms with Gasteiger partial charge in [-0.3, -0.25) is 14.9 Å². The van der Waals surface area contributed by atoms with Crippen molar-refractivity contribution in [3.63, 3.8) is 0 Å². The zero-order valence-electron chi connectivity index (χ0n) is 10.5. The molecule has 0 spiro atoms. The Kier molecular flexibility index (Phi) is 4.02. The van der Waals surface area contributed by atoms with Crippen LogP contribution in [0, 0.1) is 27.6 Å². The number of non-ortho nitro benzene ring substituents is 1. The fraction of sp³-hybridized carbons (Fsp3) is 0.0714. The number of benzene rings is 2. The van der Waals surface area contributed by atoms with E-state index in [1.54, 1.807) is 0 Å². The van der Waals surface area contributed by atoms with Crippen LogP contribution in [0.2, 0.25) is 0 Å². The Hall–Kier alpha value is -2.70. The van der Waals surface area contributed by atoms with Crippen molar-refractivity contribution in [3.05, 3.63) is 75.1 Å². The summed E-state index contributed by atoms with van der Waals surface area (Å²) in [5.41, 5.74) is -0.569. The number of nitro benzene ring substituents is 1. The number of carbonyl (C=O) groups excluding carboxylic acids is 1. The van der Waals surface area contributed by atoms with Crippen molar-refractivity contribution in [2.45, 2.75) is 6.42 Å². The van der Waals surface area contributed by atoms with Gasteiger partial charge in [-0.1, -0.05) is 6.07 Å². The quantitative estimate of drug-likeness (QED) is 0.493. The highest BCUT2D eigenvalue weighted by molar-refractivity contribution is 5.98. The van der Waals surface area contributed by atoms with Gasteiger partial charge in [0.15, 0.2) is 17.4 Å². The van der Waals surface area contributed by atoms with Gasteiger partial charge in [0.2, 0.25) is 0 Å². The van der Waals surface area contributed by atoms with Crippen LogP contribution in [0.5, 0.6) is 0 Å². The molecule has 21 heavy (non-hydrogen) atoms. The van der Waals surface area contributed by atoms with Crippen LogP contribution < -0.4 is 0 Å². The third kappa shape index (κ3) is 3.44. The highest BCUT2D eigenvalue weighted by atomic mass is 19.2. The maximum absolute atomic E-state index is 13.2. The molecule has 0 saturated heterocycles. The van der Waals surface area contributed by atoms with E-state index in [1.807, 2.05) is 0 Å². The normalized spacial score (nSPS) is 10.4. The number of hydrogen-bond donors (Lipinski definition) is 0. The first-order valence-electron chi connectivity index (χ1n) is 5.79. The average molecular weight is 295 g/mol. The zero-order valence-corrected chi connectivity index (χ0v) is 10.5. The van der Waals surface area contributed by atoms with Gasteiger partial charge >= 0.3 is 0 Å². The smallest absolute Gasteiger partial charge is 0.273 e. The number of Topliss-reactive ketones (excluding diaryl/α,β-unsaturated/α-hetero) is 1. The van der Waals surface area contributed by atoms with Crippen LogP contribution in [0.25, 0.3) is 0 Å². The molecule has 108 valence electrons. The van der Waals surface area contributed by atoms with Gasteiger partial charge in [0.1, 0.15) is 5.82 Å². The SMILES string of the molecule is O=C(Cc1ccc(F)c(F)c1)c1cc(F)cc([N+](=O)[O-])c1. The second-order valence-electron chi connectivity index (χ2n) is 4.30. The lowest BCUT2D eigenvalue weighted by Gasteiger charge is -2.03. The van der Waals surface area contributed by atoms with E-state index < -0.39 is 33.8 Å². The van der Waals surface area contributed by atoms with E-state index in [0.29, 0.717) is 6.07 Å². The predicted molar refractivity (Wildman–Crippen MR) is 67.4 cm³/mol. The molecule has 0 unspecified atom stereocenters. The zero-order chi connectivity index (χ0) is 15.6. The molecule has 0 aromatic heterocycles. The largest absolute Gasteiger partial charge is 0.294 e. The summed E-state index contributed by atoms with van der Waals surface area (Å²) in [5.74, 6) is -3.71. The maximum atomic E-state index is 13.2. The van der Waals surface area contributed by atoms with Crippen molar-refractivity contribution in [1.29, 1.82) is 0 Å². The maximum Gasteiger partial charge on any atom is 0.273 e. The summed E-state index contributed by atoms with van der Waals surface area (Å²) in [5, 5.41) is 10.6. The molecule has 0 amide bonds. The number of nitrogens with zero attached hydrogens (tertiary/aromatic N) is 1. The Bertz CT molecular complexity index is 731. The van der Waals surface area contributed by atoms with Crippen LogP contribution >= 0.6 is 0 Å². The predicted octanol–water partition coefficient (Wildman–Crippen LogP) is 3.44. The summed E-state index contributed by atoms with van der Waals surface area (Å²) in [6.45, 7) is 0. The first-order valence-corrected chi connectivity index (χ1v) is 5.79. The second kappa shape index (κ2) is 5.74. The Labute approximate surface area is 117 Å². The Morgan fingerprint density at radius 1 is 1.05 bits per heavy atom. The van der Waals surface area contributed by atoms with Crippen LogP contribution in [0.1, 0.15) is 15.9 Å². The van der Waals surface area contributed by atoms with E-state index >= 15 is 0 Å². The van der Waals surface area contributed by atoms with Crippen molar-refractivity contribution >= 4 is 11.5 Å². The second-order valence-corrected chi connectivity index (χ2v) is 4.30. The molecule has 0 saturated carbocycles. The van der Waals surface area contributed by atoms with Gasteiger partial charge in [-0.25, -0.2) is 13.2 Å². The molecule has 2 aromatic rings. The van der Waals surface area contributed by atoms with Crippen LogP contribution in [0.15, 0.2) is 36.4 Å². The molecule has 4 nitrogen and oxygen atoms in total. The number of halogens is 3. The minimum atomic E-state index is -1.11. The molecule has 2 aromatic carbocycles. The topological polar surface area (TPSA) is 60.2 Å². The number of carbonyl (C=O) groups is 1. The number of hydrogen-bond acceptors (Lipinski definition) is 3. The minimum absolute atomic E-state index is 0.186. The third-order valence-electron chi connectivity index (χ3n) is 2.76. The fourth-order valence-corrected chi connectivity index (χ4v) is 1.78. The van der Waals surface area contributed by atoms with Gasteiger partial charge in [-0.15, -0.1) is 0 Å². The highest BCUT2D eigenvalue weighted by Gasteiger charge is 2.15. The van der Waals surface area contributed by atoms with Crippen molar-refractivity contribution in [3.8, 4) is 0 Å². The molecule has 0 aliphatic rings. The van der Waals surface area contributed by atoms with Gasteiger partial charge in [0, 0.05) is 18.1 Å². The van der Waals surface area contributed by atoms with Gasteiger partial charge < -0.3 is 0 Å². The van der Waals surface area contributed by atoms with Gasteiger partial charge in [-0.05, 0) is 23.8 Å². The summed E-state index contributed by atoms with van der Waals surface area (Å²) in [4.78, 5) is 21.7. The summed E-state index contributed by atoms with van der Waals surface area (Å²) < 4.78 is 39.0. The molecule has 0 fully saturated rings. The van der Waals surface area contributed by atoms with E-state index in [2.05, 4.69) is 0 Å². The van der Waals surface area contributed by atoms with E-state index in [1.165, 1.54) is 6.07 Å². The molecule has 0 heterocycles. The third-order valence-corrected chi connectivity index (χ3v) is 2.76. The monoisotopic (exact) mass is 295 g/mol. The van der Waals surface area contributed by atoms with Crippen LogP contribution in [0.3, 0.4) is 0 Å².